The first kappa shape index (κ1) is 25.7. The summed E-state index contributed by atoms with van der Waals surface area (Å²) in [5.74, 6) is 0.482. The van der Waals surface area contributed by atoms with E-state index in [2.05, 4.69) is 9.80 Å². The van der Waals surface area contributed by atoms with Gasteiger partial charge < -0.3 is 24.2 Å². The van der Waals surface area contributed by atoms with Crippen LogP contribution in [0.5, 0.6) is 0 Å². The standard InChI is InChI=1S/C23H44N4O4/c1-22(2,3)30-20(28)24(7)17-19-9-8-10-26(18-19)12-11-25-13-15-27(16-14-25)21(29)31-23(4,5)6/h19H,8-18H2,1-7H3/t19-/m1/s1. The SMILES string of the molecule is CN(C[C@H]1CCCN(CCN2CCN(C(=O)OC(C)(C)C)CC2)C1)C(=O)OC(C)(C)C. The molecular weight excluding hydrogens is 396 g/mol. The summed E-state index contributed by atoms with van der Waals surface area (Å²) >= 11 is 0. The topological polar surface area (TPSA) is 65.6 Å². The Morgan fingerprint density at radius 3 is 2.03 bits per heavy atom. The van der Waals surface area contributed by atoms with E-state index in [1.807, 2.05) is 53.5 Å². The van der Waals surface area contributed by atoms with Gasteiger partial charge in [0.15, 0.2) is 0 Å². The summed E-state index contributed by atoms with van der Waals surface area (Å²) < 4.78 is 11.0. The van der Waals surface area contributed by atoms with Gasteiger partial charge >= 0.3 is 12.2 Å². The minimum atomic E-state index is -0.461. The van der Waals surface area contributed by atoms with E-state index in [9.17, 15) is 9.59 Å². The Bertz CT molecular complexity index is 591. The van der Waals surface area contributed by atoms with Crippen molar-refractivity contribution in [1.29, 1.82) is 0 Å². The highest BCUT2D eigenvalue weighted by molar-refractivity contribution is 5.68. The monoisotopic (exact) mass is 440 g/mol. The Labute approximate surface area is 188 Å². The van der Waals surface area contributed by atoms with Crippen molar-refractivity contribution in [3.05, 3.63) is 0 Å². The molecule has 0 aliphatic carbocycles. The van der Waals surface area contributed by atoms with Crippen LogP contribution in [0.2, 0.25) is 0 Å². The second-order valence-electron chi connectivity index (χ2n) is 11.0. The van der Waals surface area contributed by atoms with Crippen LogP contribution in [0, 0.1) is 5.92 Å². The number of piperazine rings is 1. The van der Waals surface area contributed by atoms with E-state index in [4.69, 9.17) is 9.47 Å². The average molecular weight is 441 g/mol. The molecule has 2 saturated heterocycles. The molecule has 2 fully saturated rings. The molecule has 0 aromatic rings. The molecule has 1 atom stereocenters. The third-order valence-electron chi connectivity index (χ3n) is 5.60. The zero-order valence-electron chi connectivity index (χ0n) is 20.8. The smallest absolute Gasteiger partial charge is 0.410 e. The predicted octanol–water partition coefficient (Wildman–Crippen LogP) is 3.12. The van der Waals surface area contributed by atoms with Gasteiger partial charge in [-0.3, -0.25) is 4.90 Å². The molecule has 0 spiro atoms. The fraction of sp³-hybridized carbons (Fsp3) is 0.913. The average Bonchev–Trinajstić information content (AvgIpc) is 2.64. The lowest BCUT2D eigenvalue weighted by Crippen LogP contribution is -2.52. The van der Waals surface area contributed by atoms with Crippen LogP contribution >= 0.6 is 0 Å². The first-order valence-corrected chi connectivity index (χ1v) is 11.7. The molecule has 0 bridgehead atoms. The number of ether oxygens (including phenoxy) is 2. The van der Waals surface area contributed by atoms with Crippen molar-refractivity contribution < 1.29 is 19.1 Å². The van der Waals surface area contributed by atoms with Gasteiger partial charge in [0, 0.05) is 59.4 Å². The van der Waals surface area contributed by atoms with Gasteiger partial charge in [0.25, 0.3) is 0 Å². The summed E-state index contributed by atoms with van der Waals surface area (Å²) in [6.07, 6.45) is 1.87. The summed E-state index contributed by atoms with van der Waals surface area (Å²) in [5, 5.41) is 0. The summed E-state index contributed by atoms with van der Waals surface area (Å²) in [5.41, 5.74) is -0.909. The van der Waals surface area contributed by atoms with Gasteiger partial charge in [-0.1, -0.05) is 0 Å². The second-order valence-corrected chi connectivity index (χ2v) is 11.0. The number of nitrogens with zero attached hydrogens (tertiary/aromatic N) is 4. The fourth-order valence-electron chi connectivity index (χ4n) is 4.07. The number of carbonyl (C=O) groups is 2. The van der Waals surface area contributed by atoms with Crippen LogP contribution in [0.3, 0.4) is 0 Å². The third-order valence-corrected chi connectivity index (χ3v) is 5.60. The van der Waals surface area contributed by atoms with Crippen LogP contribution in [0.15, 0.2) is 0 Å². The fourth-order valence-corrected chi connectivity index (χ4v) is 4.07. The quantitative estimate of drug-likeness (QED) is 0.654. The lowest BCUT2D eigenvalue weighted by Gasteiger charge is -2.38. The van der Waals surface area contributed by atoms with E-state index >= 15 is 0 Å². The third kappa shape index (κ3) is 9.64. The molecule has 0 aromatic carbocycles. The summed E-state index contributed by atoms with van der Waals surface area (Å²) in [7, 11) is 1.83. The van der Waals surface area contributed by atoms with Crippen molar-refractivity contribution in [2.75, 3.05) is 66.0 Å². The number of piperidine rings is 1. The van der Waals surface area contributed by atoms with E-state index in [0.29, 0.717) is 5.92 Å². The van der Waals surface area contributed by atoms with Crippen LogP contribution in [0.25, 0.3) is 0 Å². The molecule has 31 heavy (non-hydrogen) atoms. The molecule has 8 heteroatoms. The molecule has 180 valence electrons. The van der Waals surface area contributed by atoms with Crippen molar-refractivity contribution in [2.24, 2.45) is 5.92 Å². The Kier molecular flexibility index (Phi) is 9.01. The van der Waals surface area contributed by atoms with Crippen LogP contribution < -0.4 is 0 Å². The Morgan fingerprint density at radius 2 is 1.45 bits per heavy atom. The predicted molar refractivity (Wildman–Crippen MR) is 122 cm³/mol. The lowest BCUT2D eigenvalue weighted by atomic mass is 9.97. The molecule has 0 saturated carbocycles. The number of hydrogen-bond donors (Lipinski definition) is 0. The normalized spacial score (nSPS) is 21.6. The second kappa shape index (κ2) is 10.9. The Balaban J connectivity index is 1.69. The largest absolute Gasteiger partial charge is 0.444 e. The maximum Gasteiger partial charge on any atom is 0.410 e. The minimum absolute atomic E-state index is 0.208. The summed E-state index contributed by atoms with van der Waals surface area (Å²) in [6.45, 7) is 19.5. The number of carbonyl (C=O) groups excluding carboxylic acids is 2. The molecule has 2 aliphatic rings. The molecule has 2 rings (SSSR count). The molecule has 0 unspecified atom stereocenters. The van der Waals surface area contributed by atoms with Crippen molar-refractivity contribution in [3.63, 3.8) is 0 Å². The van der Waals surface area contributed by atoms with Crippen molar-refractivity contribution in [2.45, 2.75) is 65.6 Å². The first-order chi connectivity index (χ1) is 14.3. The van der Waals surface area contributed by atoms with Gasteiger partial charge in [0.05, 0.1) is 0 Å². The highest BCUT2D eigenvalue weighted by atomic mass is 16.6. The summed E-state index contributed by atoms with van der Waals surface area (Å²) in [6, 6.07) is 0. The van der Waals surface area contributed by atoms with Crippen LogP contribution in [0.4, 0.5) is 9.59 Å². The van der Waals surface area contributed by atoms with Crippen LogP contribution in [0.1, 0.15) is 54.4 Å². The van der Waals surface area contributed by atoms with E-state index in [0.717, 1.165) is 65.3 Å². The van der Waals surface area contributed by atoms with Gasteiger partial charge in [0.1, 0.15) is 11.2 Å². The van der Waals surface area contributed by atoms with Crippen LogP contribution in [-0.2, 0) is 9.47 Å². The highest BCUT2D eigenvalue weighted by Crippen LogP contribution is 2.19. The molecule has 2 aliphatic heterocycles. The number of hydrogen-bond acceptors (Lipinski definition) is 6. The minimum Gasteiger partial charge on any atom is -0.444 e. The zero-order chi connectivity index (χ0) is 23.2. The molecule has 2 heterocycles. The van der Waals surface area contributed by atoms with E-state index in [-0.39, 0.29) is 12.2 Å². The lowest BCUT2D eigenvalue weighted by molar-refractivity contribution is 0.0133. The highest BCUT2D eigenvalue weighted by Gasteiger charge is 2.28. The van der Waals surface area contributed by atoms with Crippen LogP contribution in [-0.4, -0.2) is 109 Å². The Morgan fingerprint density at radius 1 is 0.871 bits per heavy atom. The molecule has 0 aromatic heterocycles. The first-order valence-electron chi connectivity index (χ1n) is 11.7. The molecule has 0 N–H and O–H groups in total. The maximum atomic E-state index is 12.2. The van der Waals surface area contributed by atoms with Gasteiger partial charge in [-0.05, 0) is 66.8 Å². The molecule has 2 amide bonds. The number of rotatable bonds is 5. The maximum absolute atomic E-state index is 12.2. The van der Waals surface area contributed by atoms with Crippen molar-refractivity contribution in [1.82, 2.24) is 19.6 Å². The van der Waals surface area contributed by atoms with E-state index in [1.54, 1.807) is 4.90 Å². The van der Waals surface area contributed by atoms with E-state index < -0.39 is 11.2 Å². The van der Waals surface area contributed by atoms with Gasteiger partial charge in [-0.15, -0.1) is 0 Å². The Hall–Kier alpha value is -1.54. The molecule has 0 radical (unpaired) electrons. The summed E-state index contributed by atoms with van der Waals surface area (Å²) in [4.78, 5) is 32.9. The number of likely N-dealkylation sites (tertiary alicyclic amines) is 1. The number of amides is 2. The van der Waals surface area contributed by atoms with E-state index in [1.165, 1.54) is 6.42 Å². The van der Waals surface area contributed by atoms with Crippen molar-refractivity contribution >= 4 is 12.2 Å². The van der Waals surface area contributed by atoms with Gasteiger partial charge in [-0.2, -0.15) is 0 Å². The van der Waals surface area contributed by atoms with Gasteiger partial charge in [-0.25, -0.2) is 9.59 Å². The van der Waals surface area contributed by atoms with Gasteiger partial charge in [0.2, 0.25) is 0 Å². The zero-order valence-corrected chi connectivity index (χ0v) is 20.8. The molecule has 8 nitrogen and oxygen atoms in total. The van der Waals surface area contributed by atoms with Crippen molar-refractivity contribution in [3.8, 4) is 0 Å². The molecular formula is C23H44N4O4.